The van der Waals surface area contributed by atoms with Crippen molar-refractivity contribution < 1.29 is 9.13 Å². The molecule has 18 heavy (non-hydrogen) atoms. The number of nitrogens with two attached hydrogens (primary N) is 1. The maximum Gasteiger partial charge on any atom is 0.161 e. The predicted molar refractivity (Wildman–Crippen MR) is 66.9 cm³/mol. The maximum absolute atomic E-state index is 13.9. The number of halogens is 1. The number of hydrogen-bond acceptors (Lipinski definition) is 3. The number of methoxy groups -OCH3 is 1. The standard InChI is InChI=1S/C13H16FN3O/c1-8-4-5-9(10(14)6-8)12(15)13-11(18-3)7-16-17(13)2/h4-7,12H,15H2,1-3H3. The number of hydrogen-bond donors (Lipinski definition) is 1. The summed E-state index contributed by atoms with van der Waals surface area (Å²) in [6.07, 6.45) is 1.57. The molecule has 0 radical (unpaired) electrons. The molecule has 0 saturated heterocycles. The van der Waals surface area contributed by atoms with E-state index in [0.29, 0.717) is 17.0 Å². The van der Waals surface area contributed by atoms with Gasteiger partial charge in [0.25, 0.3) is 0 Å². The smallest absolute Gasteiger partial charge is 0.161 e. The summed E-state index contributed by atoms with van der Waals surface area (Å²) < 4.78 is 20.7. The van der Waals surface area contributed by atoms with Gasteiger partial charge in [0, 0.05) is 12.6 Å². The molecule has 1 atom stereocenters. The number of nitrogens with zero attached hydrogens (tertiary/aromatic N) is 2. The van der Waals surface area contributed by atoms with Crippen molar-refractivity contribution in [3.8, 4) is 5.75 Å². The first kappa shape index (κ1) is 12.6. The first-order valence-electron chi connectivity index (χ1n) is 5.62. The van der Waals surface area contributed by atoms with Crippen LogP contribution in [0.2, 0.25) is 0 Å². The van der Waals surface area contributed by atoms with E-state index in [9.17, 15) is 4.39 Å². The van der Waals surface area contributed by atoms with Crippen molar-refractivity contribution in [2.24, 2.45) is 12.8 Å². The van der Waals surface area contributed by atoms with Gasteiger partial charge in [-0.3, -0.25) is 4.68 Å². The molecule has 0 spiro atoms. The highest BCUT2D eigenvalue weighted by molar-refractivity contribution is 5.37. The van der Waals surface area contributed by atoms with Crippen molar-refractivity contribution in [2.75, 3.05) is 7.11 Å². The zero-order valence-electron chi connectivity index (χ0n) is 10.6. The molecule has 0 aliphatic heterocycles. The molecule has 4 nitrogen and oxygen atoms in total. The number of ether oxygens (including phenoxy) is 1. The summed E-state index contributed by atoms with van der Waals surface area (Å²) in [6, 6.07) is 4.40. The van der Waals surface area contributed by atoms with E-state index in [0.717, 1.165) is 5.56 Å². The Bertz CT molecular complexity index is 565. The Morgan fingerprint density at radius 3 is 2.78 bits per heavy atom. The van der Waals surface area contributed by atoms with Crippen LogP contribution in [0.3, 0.4) is 0 Å². The quantitative estimate of drug-likeness (QED) is 0.904. The third-order valence-corrected chi connectivity index (χ3v) is 2.95. The second-order valence-corrected chi connectivity index (χ2v) is 4.22. The molecular weight excluding hydrogens is 233 g/mol. The Hall–Kier alpha value is -1.88. The van der Waals surface area contributed by atoms with Gasteiger partial charge >= 0.3 is 0 Å². The molecule has 2 rings (SSSR count). The van der Waals surface area contributed by atoms with Gasteiger partial charge < -0.3 is 10.5 Å². The molecule has 2 N–H and O–H groups in total. The van der Waals surface area contributed by atoms with Crippen molar-refractivity contribution in [2.45, 2.75) is 13.0 Å². The van der Waals surface area contributed by atoms with Crippen LogP contribution in [-0.4, -0.2) is 16.9 Å². The maximum atomic E-state index is 13.9. The molecule has 0 aliphatic rings. The van der Waals surface area contributed by atoms with Crippen molar-refractivity contribution in [1.82, 2.24) is 9.78 Å². The molecule has 1 heterocycles. The Balaban J connectivity index is 2.47. The molecular formula is C13H16FN3O. The van der Waals surface area contributed by atoms with Gasteiger partial charge in [-0.2, -0.15) is 5.10 Å². The van der Waals surface area contributed by atoms with E-state index in [1.165, 1.54) is 6.07 Å². The number of aryl methyl sites for hydroxylation is 2. The fourth-order valence-corrected chi connectivity index (χ4v) is 1.97. The van der Waals surface area contributed by atoms with E-state index in [-0.39, 0.29) is 5.82 Å². The normalized spacial score (nSPS) is 12.5. The molecule has 1 aromatic carbocycles. The molecule has 1 aromatic heterocycles. The molecule has 0 aliphatic carbocycles. The fourth-order valence-electron chi connectivity index (χ4n) is 1.97. The number of aromatic nitrogens is 2. The van der Waals surface area contributed by atoms with E-state index in [2.05, 4.69) is 5.10 Å². The summed E-state index contributed by atoms with van der Waals surface area (Å²) >= 11 is 0. The summed E-state index contributed by atoms with van der Waals surface area (Å²) in [5.41, 5.74) is 8.06. The Morgan fingerprint density at radius 1 is 1.44 bits per heavy atom. The lowest BCUT2D eigenvalue weighted by atomic mass is 10.0. The van der Waals surface area contributed by atoms with Crippen molar-refractivity contribution in [3.63, 3.8) is 0 Å². The lowest BCUT2D eigenvalue weighted by Gasteiger charge is -2.15. The predicted octanol–water partition coefficient (Wildman–Crippen LogP) is 1.92. The summed E-state index contributed by atoms with van der Waals surface area (Å²) in [6.45, 7) is 1.84. The third kappa shape index (κ3) is 2.09. The van der Waals surface area contributed by atoms with Gasteiger partial charge in [-0.1, -0.05) is 12.1 Å². The molecule has 0 amide bonds. The first-order valence-corrected chi connectivity index (χ1v) is 5.62. The van der Waals surface area contributed by atoms with Crippen molar-refractivity contribution in [3.05, 3.63) is 47.0 Å². The van der Waals surface area contributed by atoms with E-state index in [4.69, 9.17) is 10.5 Å². The number of rotatable bonds is 3. The van der Waals surface area contributed by atoms with E-state index in [1.54, 1.807) is 31.1 Å². The lowest BCUT2D eigenvalue weighted by Crippen LogP contribution is -2.18. The van der Waals surface area contributed by atoms with Crippen LogP contribution in [-0.2, 0) is 7.05 Å². The second-order valence-electron chi connectivity index (χ2n) is 4.22. The fraction of sp³-hybridized carbons (Fsp3) is 0.308. The monoisotopic (exact) mass is 249 g/mol. The minimum Gasteiger partial charge on any atom is -0.493 e. The lowest BCUT2D eigenvalue weighted by molar-refractivity contribution is 0.405. The zero-order chi connectivity index (χ0) is 13.3. The van der Waals surface area contributed by atoms with Crippen molar-refractivity contribution in [1.29, 1.82) is 0 Å². The average molecular weight is 249 g/mol. The highest BCUT2D eigenvalue weighted by Gasteiger charge is 2.21. The van der Waals surface area contributed by atoms with Crippen LogP contribution in [0, 0.1) is 12.7 Å². The summed E-state index contributed by atoms with van der Waals surface area (Å²) in [5, 5.41) is 4.07. The van der Waals surface area contributed by atoms with Crippen LogP contribution in [0.25, 0.3) is 0 Å². The van der Waals surface area contributed by atoms with Crippen molar-refractivity contribution >= 4 is 0 Å². The Labute approximate surface area is 105 Å². The molecule has 0 fully saturated rings. The van der Waals surface area contributed by atoms with Gasteiger partial charge in [0.05, 0.1) is 19.3 Å². The van der Waals surface area contributed by atoms with E-state index >= 15 is 0 Å². The van der Waals surface area contributed by atoms with Gasteiger partial charge in [-0.25, -0.2) is 4.39 Å². The van der Waals surface area contributed by atoms with Crippen LogP contribution >= 0.6 is 0 Å². The Morgan fingerprint density at radius 2 is 2.17 bits per heavy atom. The van der Waals surface area contributed by atoms with Crippen LogP contribution in [0.1, 0.15) is 22.9 Å². The highest BCUT2D eigenvalue weighted by Crippen LogP contribution is 2.29. The minimum absolute atomic E-state index is 0.314. The third-order valence-electron chi connectivity index (χ3n) is 2.95. The molecule has 0 saturated carbocycles. The topological polar surface area (TPSA) is 53.1 Å². The average Bonchev–Trinajstić information content (AvgIpc) is 2.69. The van der Waals surface area contributed by atoms with Crippen LogP contribution in [0.4, 0.5) is 4.39 Å². The van der Waals surface area contributed by atoms with Crippen LogP contribution < -0.4 is 10.5 Å². The summed E-state index contributed by atoms with van der Waals surface area (Å²) in [4.78, 5) is 0. The first-order chi connectivity index (χ1) is 8.54. The Kier molecular flexibility index (Phi) is 3.34. The van der Waals surface area contributed by atoms with Crippen LogP contribution in [0.5, 0.6) is 5.75 Å². The van der Waals surface area contributed by atoms with Crippen LogP contribution in [0.15, 0.2) is 24.4 Å². The molecule has 5 heteroatoms. The number of benzene rings is 1. The minimum atomic E-state index is -0.604. The van der Waals surface area contributed by atoms with Gasteiger partial charge in [0.2, 0.25) is 0 Å². The van der Waals surface area contributed by atoms with E-state index in [1.807, 2.05) is 13.0 Å². The second kappa shape index (κ2) is 4.78. The van der Waals surface area contributed by atoms with Gasteiger partial charge in [0.1, 0.15) is 11.5 Å². The SMILES string of the molecule is COc1cnn(C)c1C(N)c1ccc(C)cc1F. The van der Waals surface area contributed by atoms with Gasteiger partial charge in [-0.15, -0.1) is 0 Å². The summed E-state index contributed by atoms with van der Waals surface area (Å²) in [5.74, 6) is 0.246. The molecule has 0 bridgehead atoms. The summed E-state index contributed by atoms with van der Waals surface area (Å²) in [7, 11) is 3.29. The zero-order valence-corrected chi connectivity index (χ0v) is 10.6. The van der Waals surface area contributed by atoms with E-state index < -0.39 is 6.04 Å². The highest BCUT2D eigenvalue weighted by atomic mass is 19.1. The largest absolute Gasteiger partial charge is 0.493 e. The van der Waals surface area contributed by atoms with Gasteiger partial charge in [-0.05, 0) is 18.6 Å². The molecule has 2 aromatic rings. The van der Waals surface area contributed by atoms with Gasteiger partial charge in [0.15, 0.2) is 5.75 Å². The molecule has 96 valence electrons. The molecule has 1 unspecified atom stereocenters.